The third-order valence-electron chi connectivity index (χ3n) is 1.53. The zero-order valence-corrected chi connectivity index (χ0v) is 6.18. The summed E-state index contributed by atoms with van der Waals surface area (Å²) in [6.45, 7) is 0. The van der Waals surface area contributed by atoms with Gasteiger partial charge in [-0.2, -0.15) is 0 Å². The average molecular weight is 148 g/mol. The Labute approximate surface area is 64.1 Å². The van der Waals surface area contributed by atoms with Gasteiger partial charge in [0, 0.05) is 19.4 Å². The van der Waals surface area contributed by atoms with Crippen LogP contribution in [0.3, 0.4) is 0 Å². The SMILES string of the molecule is Cn1ccc(-n2cnnc2)c1. The Bertz CT molecular complexity index is 333. The van der Waals surface area contributed by atoms with Gasteiger partial charge in [-0.3, -0.25) is 4.57 Å². The van der Waals surface area contributed by atoms with Crippen LogP contribution in [-0.4, -0.2) is 19.3 Å². The van der Waals surface area contributed by atoms with Gasteiger partial charge >= 0.3 is 0 Å². The Morgan fingerprint density at radius 3 is 2.55 bits per heavy atom. The lowest BCUT2D eigenvalue weighted by molar-refractivity contribution is 0.918. The van der Waals surface area contributed by atoms with E-state index in [-0.39, 0.29) is 0 Å². The predicted molar refractivity (Wildman–Crippen MR) is 40.3 cm³/mol. The molecule has 2 aromatic heterocycles. The third-order valence-corrected chi connectivity index (χ3v) is 1.53. The van der Waals surface area contributed by atoms with Gasteiger partial charge in [0.1, 0.15) is 12.7 Å². The van der Waals surface area contributed by atoms with E-state index in [4.69, 9.17) is 0 Å². The first-order chi connectivity index (χ1) is 5.36. The Morgan fingerprint density at radius 2 is 2.00 bits per heavy atom. The van der Waals surface area contributed by atoms with Crippen molar-refractivity contribution in [2.24, 2.45) is 7.05 Å². The Kier molecular flexibility index (Phi) is 1.25. The minimum atomic E-state index is 1.08. The lowest BCUT2D eigenvalue weighted by atomic mass is 10.5. The van der Waals surface area contributed by atoms with Gasteiger partial charge < -0.3 is 4.57 Å². The molecule has 0 N–H and O–H groups in total. The molecule has 0 saturated carbocycles. The van der Waals surface area contributed by atoms with Gasteiger partial charge in [0.25, 0.3) is 0 Å². The summed E-state index contributed by atoms with van der Waals surface area (Å²) in [5, 5.41) is 7.42. The number of rotatable bonds is 1. The lowest BCUT2D eigenvalue weighted by Gasteiger charge is -1.92. The molecule has 0 unspecified atom stereocenters. The molecule has 0 atom stereocenters. The molecule has 11 heavy (non-hydrogen) atoms. The fraction of sp³-hybridized carbons (Fsp3) is 0.143. The molecule has 0 aliphatic heterocycles. The van der Waals surface area contributed by atoms with Gasteiger partial charge in [0.05, 0.1) is 5.69 Å². The van der Waals surface area contributed by atoms with Crippen LogP contribution < -0.4 is 0 Å². The highest BCUT2D eigenvalue weighted by Gasteiger charge is 1.95. The van der Waals surface area contributed by atoms with Crippen molar-refractivity contribution in [3.05, 3.63) is 31.1 Å². The van der Waals surface area contributed by atoms with E-state index < -0.39 is 0 Å². The van der Waals surface area contributed by atoms with E-state index in [1.165, 1.54) is 0 Å². The van der Waals surface area contributed by atoms with Crippen LogP contribution in [0.4, 0.5) is 0 Å². The molecular weight excluding hydrogens is 140 g/mol. The standard InChI is InChI=1S/C7H8N4/c1-10-3-2-7(4-10)11-5-8-9-6-11/h2-6H,1H3. The minimum absolute atomic E-state index is 1.08. The quantitative estimate of drug-likeness (QED) is 0.593. The fourth-order valence-corrected chi connectivity index (χ4v) is 0.975. The van der Waals surface area contributed by atoms with Crippen molar-refractivity contribution in [1.29, 1.82) is 0 Å². The summed E-state index contributed by atoms with van der Waals surface area (Å²) in [6.07, 6.45) is 7.34. The highest BCUT2D eigenvalue weighted by atomic mass is 15.2. The second-order valence-corrected chi connectivity index (χ2v) is 2.40. The van der Waals surface area contributed by atoms with Gasteiger partial charge in [-0.1, -0.05) is 0 Å². The predicted octanol–water partition coefficient (Wildman–Crippen LogP) is 0.606. The van der Waals surface area contributed by atoms with E-state index in [1.807, 2.05) is 34.6 Å². The van der Waals surface area contributed by atoms with Crippen LogP contribution in [-0.2, 0) is 7.05 Å². The van der Waals surface area contributed by atoms with E-state index in [1.54, 1.807) is 12.7 Å². The Hall–Kier alpha value is -1.58. The van der Waals surface area contributed by atoms with Crippen LogP contribution >= 0.6 is 0 Å². The van der Waals surface area contributed by atoms with E-state index in [0.29, 0.717) is 0 Å². The molecule has 4 nitrogen and oxygen atoms in total. The zero-order chi connectivity index (χ0) is 7.68. The van der Waals surface area contributed by atoms with Crippen LogP contribution in [0, 0.1) is 0 Å². The molecule has 2 rings (SSSR count). The van der Waals surface area contributed by atoms with Gasteiger partial charge in [-0.05, 0) is 6.07 Å². The molecule has 0 radical (unpaired) electrons. The third kappa shape index (κ3) is 1.02. The van der Waals surface area contributed by atoms with Crippen LogP contribution in [0.1, 0.15) is 0 Å². The topological polar surface area (TPSA) is 35.6 Å². The van der Waals surface area contributed by atoms with E-state index >= 15 is 0 Å². The molecular formula is C7H8N4. The number of nitrogens with zero attached hydrogens (tertiary/aromatic N) is 4. The maximum absolute atomic E-state index is 3.71. The number of hydrogen-bond donors (Lipinski definition) is 0. The first-order valence-electron chi connectivity index (χ1n) is 3.33. The molecule has 2 aromatic rings. The van der Waals surface area contributed by atoms with Crippen LogP contribution in [0.5, 0.6) is 0 Å². The molecule has 0 aliphatic carbocycles. The van der Waals surface area contributed by atoms with E-state index in [2.05, 4.69) is 10.2 Å². The maximum Gasteiger partial charge on any atom is 0.123 e. The van der Waals surface area contributed by atoms with Gasteiger partial charge in [0.2, 0.25) is 0 Å². The second-order valence-electron chi connectivity index (χ2n) is 2.40. The van der Waals surface area contributed by atoms with Crippen molar-refractivity contribution in [1.82, 2.24) is 19.3 Å². The van der Waals surface area contributed by atoms with Crippen LogP contribution in [0.15, 0.2) is 31.1 Å². The minimum Gasteiger partial charge on any atom is -0.355 e. The Morgan fingerprint density at radius 1 is 1.27 bits per heavy atom. The number of aromatic nitrogens is 4. The Balaban J connectivity index is 2.45. The molecule has 56 valence electrons. The highest BCUT2D eigenvalue weighted by molar-refractivity contribution is 5.27. The first kappa shape index (κ1) is 6.15. The molecule has 0 fully saturated rings. The van der Waals surface area contributed by atoms with Crippen molar-refractivity contribution in [3.63, 3.8) is 0 Å². The van der Waals surface area contributed by atoms with Gasteiger partial charge in [0.15, 0.2) is 0 Å². The number of hydrogen-bond acceptors (Lipinski definition) is 2. The van der Waals surface area contributed by atoms with Crippen LogP contribution in [0.2, 0.25) is 0 Å². The molecule has 0 amide bonds. The van der Waals surface area contributed by atoms with Crippen molar-refractivity contribution in [2.75, 3.05) is 0 Å². The molecule has 0 spiro atoms. The average Bonchev–Trinajstić information content (AvgIpc) is 2.55. The number of aryl methyl sites for hydroxylation is 1. The van der Waals surface area contributed by atoms with Crippen molar-refractivity contribution < 1.29 is 0 Å². The smallest absolute Gasteiger partial charge is 0.123 e. The largest absolute Gasteiger partial charge is 0.355 e. The molecule has 0 saturated heterocycles. The monoisotopic (exact) mass is 148 g/mol. The maximum atomic E-state index is 3.71. The second kappa shape index (κ2) is 2.23. The summed E-state index contributed by atoms with van der Waals surface area (Å²) in [5.74, 6) is 0. The van der Waals surface area contributed by atoms with Gasteiger partial charge in [-0.15, -0.1) is 10.2 Å². The summed E-state index contributed by atoms with van der Waals surface area (Å²) < 4.78 is 3.84. The summed E-state index contributed by atoms with van der Waals surface area (Å²) >= 11 is 0. The molecule has 2 heterocycles. The summed E-state index contributed by atoms with van der Waals surface area (Å²) in [5.41, 5.74) is 1.08. The summed E-state index contributed by atoms with van der Waals surface area (Å²) in [6, 6.07) is 2.00. The normalized spacial score (nSPS) is 10.3. The highest BCUT2D eigenvalue weighted by Crippen LogP contribution is 2.04. The van der Waals surface area contributed by atoms with Crippen molar-refractivity contribution >= 4 is 0 Å². The van der Waals surface area contributed by atoms with Crippen LogP contribution in [0.25, 0.3) is 5.69 Å². The lowest BCUT2D eigenvalue weighted by Crippen LogP contribution is -1.86. The summed E-state index contributed by atoms with van der Waals surface area (Å²) in [7, 11) is 1.98. The van der Waals surface area contributed by atoms with E-state index in [0.717, 1.165) is 5.69 Å². The van der Waals surface area contributed by atoms with Crippen molar-refractivity contribution in [3.8, 4) is 5.69 Å². The van der Waals surface area contributed by atoms with Crippen molar-refractivity contribution in [2.45, 2.75) is 0 Å². The first-order valence-corrected chi connectivity index (χ1v) is 3.33. The molecule has 0 bridgehead atoms. The zero-order valence-electron chi connectivity index (χ0n) is 6.18. The molecule has 4 heteroatoms. The fourth-order valence-electron chi connectivity index (χ4n) is 0.975. The molecule has 0 aliphatic rings. The molecule has 0 aromatic carbocycles. The summed E-state index contributed by atoms with van der Waals surface area (Å²) in [4.78, 5) is 0. The van der Waals surface area contributed by atoms with E-state index in [9.17, 15) is 0 Å². The van der Waals surface area contributed by atoms with Gasteiger partial charge in [-0.25, -0.2) is 0 Å².